The van der Waals surface area contributed by atoms with Crippen LogP contribution in [-0.2, 0) is 6.54 Å². The van der Waals surface area contributed by atoms with Crippen LogP contribution in [0.4, 0.5) is 4.79 Å². The van der Waals surface area contributed by atoms with Gasteiger partial charge in [0.15, 0.2) is 0 Å². The van der Waals surface area contributed by atoms with Gasteiger partial charge < -0.3 is 10.6 Å². The minimum atomic E-state index is -0.320. The van der Waals surface area contributed by atoms with Crippen LogP contribution in [0.5, 0.6) is 0 Å². The zero-order chi connectivity index (χ0) is 21.0. The number of hydrogen-bond donors (Lipinski definition) is 2. The minimum Gasteiger partial charge on any atom is -0.336 e. The molecule has 0 saturated heterocycles. The van der Waals surface area contributed by atoms with Crippen LogP contribution in [0.15, 0.2) is 47.3 Å². The quantitative estimate of drug-likeness (QED) is 0.673. The van der Waals surface area contributed by atoms with Crippen molar-refractivity contribution >= 4 is 17.4 Å². The van der Waals surface area contributed by atoms with Crippen LogP contribution in [-0.4, -0.2) is 32.9 Å². The summed E-state index contributed by atoms with van der Waals surface area (Å²) in [6.45, 7) is 8.24. The number of carbonyl (C=O) groups excluding carboxylic acids is 1. The summed E-state index contributed by atoms with van der Waals surface area (Å²) in [6.07, 6.45) is 0. The third-order valence-corrected chi connectivity index (χ3v) is 5.24. The Labute approximate surface area is 173 Å². The summed E-state index contributed by atoms with van der Waals surface area (Å²) >= 11 is 1.55. The summed E-state index contributed by atoms with van der Waals surface area (Å²) < 4.78 is 1.37. The molecule has 0 spiro atoms. The highest BCUT2D eigenvalue weighted by atomic mass is 32.1. The molecule has 7 nitrogen and oxygen atoms in total. The number of carbonyl (C=O) groups is 1. The number of aryl methyl sites for hydroxylation is 1. The number of benzene rings is 1. The first-order valence-corrected chi connectivity index (χ1v) is 10.2. The maximum Gasteiger partial charge on any atom is 0.315 e. The molecule has 0 saturated carbocycles. The predicted molar refractivity (Wildman–Crippen MR) is 116 cm³/mol. The van der Waals surface area contributed by atoms with Gasteiger partial charge in [-0.25, -0.2) is 14.5 Å². The number of nitrogens with one attached hydrogen (secondary N) is 2. The summed E-state index contributed by atoms with van der Waals surface area (Å²) in [6, 6.07) is 12.9. The van der Waals surface area contributed by atoms with Crippen LogP contribution in [0.25, 0.3) is 21.1 Å². The average Bonchev–Trinajstić information content (AvgIpc) is 3.04. The van der Waals surface area contributed by atoms with E-state index in [1.54, 1.807) is 17.4 Å². The number of thiazole rings is 1. The molecule has 0 unspecified atom stereocenters. The molecule has 29 heavy (non-hydrogen) atoms. The third-order valence-electron chi connectivity index (χ3n) is 4.01. The molecule has 3 rings (SSSR count). The average molecular weight is 412 g/mol. The molecule has 1 aromatic carbocycles. The number of rotatable bonds is 5. The Morgan fingerprint density at radius 2 is 1.86 bits per heavy atom. The molecule has 152 valence electrons. The second kappa shape index (κ2) is 8.57. The highest BCUT2D eigenvalue weighted by molar-refractivity contribution is 7.18. The zero-order valence-corrected chi connectivity index (χ0v) is 17.8. The van der Waals surface area contributed by atoms with Crippen molar-refractivity contribution < 1.29 is 4.79 Å². The van der Waals surface area contributed by atoms with Crippen molar-refractivity contribution in [2.24, 2.45) is 0 Å². The van der Waals surface area contributed by atoms with Crippen LogP contribution in [0, 0.1) is 6.92 Å². The van der Waals surface area contributed by atoms with E-state index in [-0.39, 0.29) is 23.7 Å². The summed E-state index contributed by atoms with van der Waals surface area (Å²) in [4.78, 5) is 29.6. The molecule has 2 aromatic heterocycles. The smallest absolute Gasteiger partial charge is 0.315 e. The minimum absolute atomic E-state index is 0.211. The van der Waals surface area contributed by atoms with Gasteiger partial charge in [-0.15, -0.1) is 11.3 Å². The number of urea groups is 1. The maximum absolute atomic E-state index is 12.2. The first kappa shape index (κ1) is 20.7. The molecular weight excluding hydrogens is 386 g/mol. The molecule has 0 fully saturated rings. The first-order chi connectivity index (χ1) is 13.7. The summed E-state index contributed by atoms with van der Waals surface area (Å²) in [5.41, 5.74) is 2.08. The van der Waals surface area contributed by atoms with Crippen LogP contribution in [0.3, 0.4) is 0 Å². The molecule has 3 aromatic rings. The van der Waals surface area contributed by atoms with Crippen LogP contribution < -0.4 is 16.2 Å². The SMILES string of the molecule is Cc1nc(-c2ccccc2)sc1-c1ccc(=O)n(CCNC(=O)NC(C)(C)C)n1. The van der Waals surface area contributed by atoms with Crippen LogP contribution >= 0.6 is 11.3 Å². The number of nitrogens with zero attached hydrogens (tertiary/aromatic N) is 3. The Balaban J connectivity index is 1.75. The van der Waals surface area contributed by atoms with E-state index < -0.39 is 0 Å². The topological polar surface area (TPSA) is 88.9 Å². The van der Waals surface area contributed by atoms with Gasteiger partial charge in [-0.2, -0.15) is 5.10 Å². The summed E-state index contributed by atoms with van der Waals surface area (Å²) in [7, 11) is 0. The van der Waals surface area contributed by atoms with Crippen LogP contribution in [0.1, 0.15) is 26.5 Å². The Hall–Kier alpha value is -3.00. The van der Waals surface area contributed by atoms with Gasteiger partial charge in [0.2, 0.25) is 0 Å². The Kier molecular flexibility index (Phi) is 6.12. The molecule has 2 amide bonds. The van der Waals surface area contributed by atoms with Crippen molar-refractivity contribution in [2.45, 2.75) is 39.8 Å². The van der Waals surface area contributed by atoms with Gasteiger partial charge in [-0.05, 0) is 33.8 Å². The Morgan fingerprint density at radius 3 is 2.55 bits per heavy atom. The standard InChI is InChI=1S/C21H25N5O2S/c1-14-18(29-19(23-14)15-8-6-5-7-9-15)16-10-11-17(27)26(25-16)13-12-22-20(28)24-21(2,3)4/h5-11H,12-13H2,1-4H3,(H2,22,24,28). The van der Waals surface area contributed by atoms with E-state index in [9.17, 15) is 9.59 Å². The number of aromatic nitrogens is 3. The van der Waals surface area contributed by atoms with E-state index in [1.165, 1.54) is 10.7 Å². The van der Waals surface area contributed by atoms with Gasteiger partial charge in [-0.1, -0.05) is 30.3 Å². The lowest BCUT2D eigenvalue weighted by atomic mass is 10.1. The second-order valence-electron chi connectivity index (χ2n) is 7.71. The molecule has 0 radical (unpaired) electrons. The van der Waals surface area contributed by atoms with Crippen molar-refractivity contribution in [3.05, 3.63) is 58.5 Å². The van der Waals surface area contributed by atoms with Gasteiger partial charge in [0, 0.05) is 23.7 Å². The Bertz CT molecular complexity index is 1050. The second-order valence-corrected chi connectivity index (χ2v) is 8.71. The maximum atomic E-state index is 12.2. The lowest BCUT2D eigenvalue weighted by Gasteiger charge is -2.20. The van der Waals surface area contributed by atoms with E-state index in [0.29, 0.717) is 12.2 Å². The van der Waals surface area contributed by atoms with Gasteiger partial charge >= 0.3 is 6.03 Å². The molecule has 0 aliphatic carbocycles. The van der Waals surface area contributed by atoms with Gasteiger partial charge in [0.25, 0.3) is 5.56 Å². The lowest BCUT2D eigenvalue weighted by Crippen LogP contribution is -2.47. The molecule has 2 N–H and O–H groups in total. The highest BCUT2D eigenvalue weighted by Crippen LogP contribution is 2.33. The molecule has 0 aliphatic rings. The highest BCUT2D eigenvalue weighted by Gasteiger charge is 2.15. The zero-order valence-electron chi connectivity index (χ0n) is 17.0. The van der Waals surface area contributed by atoms with Crippen molar-refractivity contribution in [1.82, 2.24) is 25.4 Å². The molecule has 8 heteroatoms. The molecule has 0 atom stereocenters. The Morgan fingerprint density at radius 1 is 1.14 bits per heavy atom. The lowest BCUT2D eigenvalue weighted by molar-refractivity contribution is 0.231. The fraction of sp³-hybridized carbons (Fsp3) is 0.333. The van der Waals surface area contributed by atoms with Gasteiger partial charge in [0.05, 0.1) is 17.1 Å². The van der Waals surface area contributed by atoms with Crippen molar-refractivity contribution in [1.29, 1.82) is 0 Å². The van der Waals surface area contributed by atoms with Crippen molar-refractivity contribution in [3.8, 4) is 21.1 Å². The molecule has 2 heterocycles. The van der Waals surface area contributed by atoms with E-state index in [2.05, 4.69) is 20.7 Å². The van der Waals surface area contributed by atoms with E-state index >= 15 is 0 Å². The predicted octanol–water partition coefficient (Wildman–Crippen LogP) is 3.44. The number of hydrogen-bond acceptors (Lipinski definition) is 5. The molecule has 0 bridgehead atoms. The van der Waals surface area contributed by atoms with E-state index in [4.69, 9.17) is 0 Å². The number of amides is 2. The first-order valence-electron chi connectivity index (χ1n) is 9.40. The molecular formula is C21H25N5O2S. The van der Waals surface area contributed by atoms with Crippen molar-refractivity contribution in [2.75, 3.05) is 6.54 Å². The van der Waals surface area contributed by atoms with Crippen molar-refractivity contribution in [3.63, 3.8) is 0 Å². The normalized spacial score (nSPS) is 11.3. The fourth-order valence-electron chi connectivity index (χ4n) is 2.73. The third kappa shape index (κ3) is 5.51. The fourth-order valence-corrected chi connectivity index (χ4v) is 3.77. The monoisotopic (exact) mass is 411 g/mol. The molecule has 0 aliphatic heterocycles. The van der Waals surface area contributed by atoms with Gasteiger partial charge in [-0.3, -0.25) is 4.79 Å². The summed E-state index contributed by atoms with van der Waals surface area (Å²) in [5.74, 6) is 0. The van der Waals surface area contributed by atoms with E-state index in [1.807, 2.05) is 58.0 Å². The van der Waals surface area contributed by atoms with E-state index in [0.717, 1.165) is 21.1 Å². The summed E-state index contributed by atoms with van der Waals surface area (Å²) in [5, 5.41) is 11.0. The van der Waals surface area contributed by atoms with Crippen LogP contribution in [0.2, 0.25) is 0 Å². The largest absolute Gasteiger partial charge is 0.336 e. The van der Waals surface area contributed by atoms with Gasteiger partial charge in [0.1, 0.15) is 10.7 Å².